The second kappa shape index (κ2) is 10.8. The smallest absolute Gasteiger partial charge is 0.450 e. The molecule has 0 radical (unpaired) electrons. The first-order valence-electron chi connectivity index (χ1n) is 6.80. The van der Waals surface area contributed by atoms with Crippen molar-refractivity contribution in [2.75, 3.05) is 6.61 Å². The molecule has 0 bridgehead atoms. The van der Waals surface area contributed by atoms with Crippen molar-refractivity contribution in [1.29, 1.82) is 0 Å². The number of carbonyl (C=O) groups is 2. The minimum absolute atomic E-state index is 0.0365. The molecular formula is C15H19NO7. The summed E-state index contributed by atoms with van der Waals surface area (Å²) in [6, 6.07) is 5.38. The lowest BCUT2D eigenvalue weighted by Crippen LogP contribution is -2.09. The lowest BCUT2D eigenvalue weighted by atomic mass is 10.2. The third kappa shape index (κ3) is 8.86. The monoisotopic (exact) mass is 325 g/mol. The van der Waals surface area contributed by atoms with E-state index in [2.05, 4.69) is 4.74 Å². The first-order valence-corrected chi connectivity index (χ1v) is 6.80. The van der Waals surface area contributed by atoms with Gasteiger partial charge in [0.2, 0.25) is 0 Å². The Balaban J connectivity index is 0.000000688. The highest BCUT2D eigenvalue weighted by molar-refractivity contribution is 5.89. The molecule has 0 aliphatic rings. The largest absolute Gasteiger partial charge is 0.505 e. The third-order valence-electron chi connectivity index (χ3n) is 2.36. The molecule has 23 heavy (non-hydrogen) atoms. The van der Waals surface area contributed by atoms with Crippen molar-refractivity contribution < 1.29 is 29.1 Å². The van der Waals surface area contributed by atoms with Crippen molar-refractivity contribution in [2.24, 2.45) is 0 Å². The molecule has 0 unspecified atom stereocenters. The van der Waals surface area contributed by atoms with Gasteiger partial charge >= 0.3 is 12.1 Å². The average Bonchev–Trinajstić information content (AvgIpc) is 2.48. The minimum atomic E-state index is -1.21. The van der Waals surface area contributed by atoms with Gasteiger partial charge in [0.05, 0.1) is 11.5 Å². The molecule has 0 fully saturated rings. The number of esters is 1. The van der Waals surface area contributed by atoms with Gasteiger partial charge in [-0.25, -0.2) is 9.59 Å². The predicted octanol–water partition coefficient (Wildman–Crippen LogP) is 3.56. The number of nitrogens with zero attached hydrogens (tertiary/aromatic N) is 1. The van der Waals surface area contributed by atoms with Crippen LogP contribution in [0.3, 0.4) is 0 Å². The zero-order valence-electron chi connectivity index (χ0n) is 13.1. The lowest BCUT2D eigenvalue weighted by Gasteiger charge is -2.03. The van der Waals surface area contributed by atoms with Crippen LogP contribution in [0.4, 0.5) is 10.5 Å². The van der Waals surface area contributed by atoms with Gasteiger partial charge in [-0.05, 0) is 32.4 Å². The van der Waals surface area contributed by atoms with Crippen LogP contribution < -0.4 is 4.74 Å². The molecule has 0 aliphatic heterocycles. The highest BCUT2D eigenvalue weighted by Crippen LogP contribution is 2.18. The van der Waals surface area contributed by atoms with Crippen molar-refractivity contribution in [3.8, 4) is 5.75 Å². The number of allylic oxidation sites excluding steroid dienone is 1. The van der Waals surface area contributed by atoms with Gasteiger partial charge in [0.15, 0.2) is 0 Å². The van der Waals surface area contributed by atoms with Crippen LogP contribution in [0.2, 0.25) is 0 Å². The molecule has 0 spiro atoms. The van der Waals surface area contributed by atoms with E-state index >= 15 is 0 Å². The number of nitro groups is 1. The van der Waals surface area contributed by atoms with E-state index in [1.54, 1.807) is 19.9 Å². The lowest BCUT2D eigenvalue weighted by molar-refractivity contribution is -0.384. The number of hydrogen-bond donors (Lipinski definition) is 1. The quantitative estimate of drug-likeness (QED) is 0.289. The highest BCUT2D eigenvalue weighted by atomic mass is 16.7. The maximum absolute atomic E-state index is 11.5. The van der Waals surface area contributed by atoms with E-state index in [0.29, 0.717) is 11.3 Å². The van der Waals surface area contributed by atoms with E-state index in [9.17, 15) is 19.7 Å². The van der Waals surface area contributed by atoms with E-state index in [1.165, 1.54) is 24.3 Å². The molecular weight excluding hydrogens is 306 g/mol. The van der Waals surface area contributed by atoms with Crippen LogP contribution in [0.25, 0.3) is 0 Å². The van der Waals surface area contributed by atoms with E-state index in [4.69, 9.17) is 9.84 Å². The maximum atomic E-state index is 11.5. The highest BCUT2D eigenvalue weighted by Gasteiger charge is 2.09. The Morgan fingerprint density at radius 2 is 1.83 bits per heavy atom. The van der Waals surface area contributed by atoms with Crippen LogP contribution in [0.15, 0.2) is 35.9 Å². The predicted molar refractivity (Wildman–Crippen MR) is 82.4 cm³/mol. The van der Waals surface area contributed by atoms with Crippen LogP contribution in [0.5, 0.6) is 5.75 Å². The Morgan fingerprint density at radius 1 is 1.26 bits per heavy atom. The van der Waals surface area contributed by atoms with Gasteiger partial charge in [-0.1, -0.05) is 13.0 Å². The third-order valence-corrected chi connectivity index (χ3v) is 2.36. The first kappa shape index (κ1) is 20.1. The number of non-ortho nitro benzene ring substituents is 1. The molecule has 0 atom stereocenters. The summed E-state index contributed by atoms with van der Waals surface area (Å²) in [6.45, 7) is 5.43. The molecule has 0 amide bonds. The Bertz CT molecular complexity index is 564. The number of benzene rings is 1. The topological polar surface area (TPSA) is 116 Å². The Hall–Kier alpha value is -2.90. The van der Waals surface area contributed by atoms with Crippen molar-refractivity contribution in [3.63, 3.8) is 0 Å². The van der Waals surface area contributed by atoms with E-state index in [0.717, 1.165) is 6.42 Å². The summed E-state index contributed by atoms with van der Waals surface area (Å²) >= 11 is 0. The molecule has 8 nitrogen and oxygen atoms in total. The van der Waals surface area contributed by atoms with Gasteiger partial charge in [0.1, 0.15) is 5.75 Å². The zero-order chi connectivity index (χ0) is 17.8. The Morgan fingerprint density at radius 3 is 2.17 bits per heavy atom. The van der Waals surface area contributed by atoms with Crippen molar-refractivity contribution >= 4 is 17.8 Å². The standard InChI is InChI=1S/C12H13NO4.C3H6O3/c1-3-4-9(2)12(14)17-11-7-5-10(6-8-11)13(15)16;1-2-6-3(4)5/h4-8H,3H2,1-2H3;2H2,1H3,(H,4,5). The summed E-state index contributed by atoms with van der Waals surface area (Å²) in [5, 5.41) is 18.1. The summed E-state index contributed by atoms with van der Waals surface area (Å²) in [4.78, 5) is 30.8. The normalized spacial score (nSPS) is 10.1. The molecule has 1 aromatic rings. The molecule has 0 aromatic heterocycles. The van der Waals surface area contributed by atoms with Crippen LogP contribution in [0, 0.1) is 10.1 Å². The fourth-order valence-electron chi connectivity index (χ4n) is 1.34. The number of rotatable bonds is 5. The second-order valence-corrected chi connectivity index (χ2v) is 4.13. The number of hydrogen-bond acceptors (Lipinski definition) is 6. The summed E-state index contributed by atoms with van der Waals surface area (Å²) in [5.41, 5.74) is 0.483. The van der Waals surface area contributed by atoms with Gasteiger partial charge in [-0.3, -0.25) is 10.1 Å². The minimum Gasteiger partial charge on any atom is -0.450 e. The fourth-order valence-corrected chi connectivity index (χ4v) is 1.34. The number of ether oxygens (including phenoxy) is 2. The molecule has 0 saturated carbocycles. The van der Waals surface area contributed by atoms with E-state index in [-0.39, 0.29) is 12.3 Å². The molecule has 1 rings (SSSR count). The molecule has 126 valence electrons. The molecule has 0 aliphatic carbocycles. The van der Waals surface area contributed by atoms with Crippen molar-refractivity contribution in [2.45, 2.75) is 27.2 Å². The Kier molecular flexibility index (Phi) is 9.42. The average molecular weight is 325 g/mol. The van der Waals surface area contributed by atoms with Crippen LogP contribution in [-0.4, -0.2) is 28.8 Å². The van der Waals surface area contributed by atoms with Crippen LogP contribution >= 0.6 is 0 Å². The summed E-state index contributed by atoms with van der Waals surface area (Å²) < 4.78 is 8.99. The number of carbonyl (C=O) groups excluding carboxylic acids is 1. The molecule has 0 saturated heterocycles. The SMILES string of the molecule is CCC=C(C)C(=O)Oc1ccc([N+](=O)[O-])cc1.CCOC(=O)O. The summed E-state index contributed by atoms with van der Waals surface area (Å²) in [6.07, 6.45) is 1.30. The summed E-state index contributed by atoms with van der Waals surface area (Å²) in [7, 11) is 0. The molecule has 1 aromatic carbocycles. The molecule has 8 heteroatoms. The number of carboxylic acid groups (broad SMARTS) is 1. The van der Waals surface area contributed by atoms with Crippen LogP contribution in [0.1, 0.15) is 27.2 Å². The zero-order valence-corrected chi connectivity index (χ0v) is 13.1. The van der Waals surface area contributed by atoms with E-state index < -0.39 is 17.0 Å². The Labute approximate surface area is 133 Å². The van der Waals surface area contributed by atoms with Crippen molar-refractivity contribution in [1.82, 2.24) is 0 Å². The second-order valence-electron chi connectivity index (χ2n) is 4.13. The fraction of sp³-hybridized carbons (Fsp3) is 0.333. The van der Waals surface area contributed by atoms with Gasteiger partial charge < -0.3 is 14.6 Å². The van der Waals surface area contributed by atoms with Gasteiger partial charge in [-0.15, -0.1) is 0 Å². The molecule has 1 N–H and O–H groups in total. The van der Waals surface area contributed by atoms with E-state index in [1.807, 2.05) is 6.92 Å². The maximum Gasteiger partial charge on any atom is 0.505 e. The van der Waals surface area contributed by atoms with Gasteiger partial charge in [-0.2, -0.15) is 0 Å². The first-order chi connectivity index (χ1) is 10.8. The van der Waals surface area contributed by atoms with Gasteiger partial charge in [0, 0.05) is 17.7 Å². The van der Waals surface area contributed by atoms with Crippen molar-refractivity contribution in [3.05, 3.63) is 46.0 Å². The van der Waals surface area contributed by atoms with Gasteiger partial charge in [0.25, 0.3) is 5.69 Å². The number of nitro benzene ring substituents is 1. The molecule has 0 heterocycles. The summed E-state index contributed by atoms with van der Waals surface area (Å²) in [5.74, 6) is -0.148. The van der Waals surface area contributed by atoms with Crippen LogP contribution in [-0.2, 0) is 9.53 Å².